The van der Waals surface area contributed by atoms with Crippen LogP contribution in [0, 0.1) is 0 Å². The minimum atomic E-state index is 0.480. The van der Waals surface area contributed by atoms with E-state index in [2.05, 4.69) is 22.3 Å². The van der Waals surface area contributed by atoms with Gasteiger partial charge >= 0.3 is 68.9 Å². The molecule has 1 radical (unpaired) electrons. The Labute approximate surface area is 68.9 Å². The van der Waals surface area contributed by atoms with Crippen molar-refractivity contribution < 1.29 is 0 Å². The van der Waals surface area contributed by atoms with E-state index in [0.717, 1.165) is 3.97 Å². The summed E-state index contributed by atoms with van der Waals surface area (Å²) in [4.78, 5) is 0. The average Bonchev–Trinajstić information content (AvgIpc) is 1.77. The van der Waals surface area contributed by atoms with Gasteiger partial charge in [-0.3, -0.25) is 0 Å². The summed E-state index contributed by atoms with van der Waals surface area (Å²) in [5, 5.41) is 0.480. The Morgan fingerprint density at radius 2 is 1.88 bits per heavy atom. The predicted molar refractivity (Wildman–Crippen MR) is 37.6 cm³/mol. The Morgan fingerprint density at radius 3 is 2.25 bits per heavy atom. The Balaban J connectivity index is 2.28. The normalized spacial score (nSPS) is 39.8. The van der Waals surface area contributed by atoms with Crippen LogP contribution in [0.2, 0.25) is 3.97 Å². The predicted octanol–water partition coefficient (Wildman–Crippen LogP) is 2.12. The molecule has 1 saturated carbocycles. The van der Waals surface area contributed by atoms with Crippen LogP contribution >= 0.6 is 11.6 Å². The van der Waals surface area contributed by atoms with Gasteiger partial charge in [0.05, 0.1) is 0 Å². The van der Waals surface area contributed by atoms with Gasteiger partial charge in [0.1, 0.15) is 0 Å². The first kappa shape index (κ1) is 7.19. The second-order valence-corrected chi connectivity index (χ2v) is 4.63. The maximum absolute atomic E-state index is 5.97. The van der Waals surface area contributed by atoms with Crippen molar-refractivity contribution in [2.45, 2.75) is 35.0 Å². The van der Waals surface area contributed by atoms with Gasteiger partial charge in [-0.1, -0.05) is 0 Å². The van der Waals surface area contributed by atoms with Crippen LogP contribution in [0.4, 0.5) is 0 Å². The van der Waals surface area contributed by atoms with Gasteiger partial charge in [-0.25, -0.2) is 0 Å². The third-order valence-electron chi connectivity index (χ3n) is 1.62. The van der Waals surface area contributed by atoms with E-state index in [9.17, 15) is 0 Å². The average molecular weight is 245 g/mol. The molecule has 2 atom stereocenters. The summed E-state index contributed by atoms with van der Waals surface area (Å²) in [6.45, 7) is 0. The van der Waals surface area contributed by atoms with Crippen molar-refractivity contribution in [3.63, 3.8) is 0 Å². The molecule has 0 saturated heterocycles. The summed E-state index contributed by atoms with van der Waals surface area (Å²) in [5.74, 6) is 0. The van der Waals surface area contributed by atoms with Gasteiger partial charge < -0.3 is 0 Å². The number of halogens is 1. The maximum atomic E-state index is 5.97. The molecular weight excluding hydrogens is 235 g/mol. The van der Waals surface area contributed by atoms with Gasteiger partial charge in [0.2, 0.25) is 0 Å². The molecule has 0 heterocycles. The van der Waals surface area contributed by atoms with Gasteiger partial charge in [0.15, 0.2) is 0 Å². The minimum absolute atomic E-state index is 0.480. The van der Waals surface area contributed by atoms with Crippen LogP contribution in [0.25, 0.3) is 0 Å². The summed E-state index contributed by atoms with van der Waals surface area (Å²) in [5.41, 5.74) is 0. The Kier molecular flexibility index (Phi) is 2.96. The monoisotopic (exact) mass is 247 g/mol. The number of alkyl halides is 1. The molecule has 2 heteroatoms. The Hall–Kier alpha value is 1.08. The van der Waals surface area contributed by atoms with Gasteiger partial charge in [0.25, 0.3) is 0 Å². The van der Waals surface area contributed by atoms with Crippen molar-refractivity contribution in [1.82, 2.24) is 0 Å². The molecule has 1 aliphatic rings. The van der Waals surface area contributed by atoms with Crippen molar-refractivity contribution in [2.75, 3.05) is 0 Å². The molecule has 2 unspecified atom stereocenters. The second kappa shape index (κ2) is 3.30. The molecule has 0 aromatic heterocycles. The quantitative estimate of drug-likeness (QED) is 0.453. The molecule has 47 valence electrons. The van der Waals surface area contributed by atoms with E-state index >= 15 is 0 Å². The van der Waals surface area contributed by atoms with Crippen LogP contribution in [-0.2, 0) is 0 Å². The number of hydrogen-bond donors (Lipinski definition) is 0. The van der Waals surface area contributed by atoms with E-state index < -0.39 is 0 Å². The van der Waals surface area contributed by atoms with E-state index in [1.807, 2.05) is 0 Å². The van der Waals surface area contributed by atoms with Crippen LogP contribution in [0.3, 0.4) is 0 Å². The fourth-order valence-corrected chi connectivity index (χ4v) is 2.20. The van der Waals surface area contributed by atoms with Crippen molar-refractivity contribution in [1.29, 1.82) is 0 Å². The molecule has 8 heavy (non-hydrogen) atoms. The molecule has 0 spiro atoms. The van der Waals surface area contributed by atoms with Crippen LogP contribution in [0.15, 0.2) is 0 Å². The van der Waals surface area contributed by atoms with Gasteiger partial charge in [-0.2, -0.15) is 0 Å². The van der Waals surface area contributed by atoms with Crippen molar-refractivity contribution in [2.24, 2.45) is 0 Å². The fraction of sp³-hybridized carbons (Fsp3) is 1.00. The Bertz CT molecular complexity index is 64.9. The molecule has 0 bridgehead atoms. The summed E-state index contributed by atoms with van der Waals surface area (Å²) in [7, 11) is 0. The summed E-state index contributed by atoms with van der Waals surface area (Å²) < 4.78 is 0.779. The molecule has 0 nitrogen and oxygen atoms in total. The van der Waals surface area contributed by atoms with E-state index in [0.29, 0.717) is 5.38 Å². The number of rotatable bonds is 0. The van der Waals surface area contributed by atoms with E-state index in [4.69, 9.17) is 11.6 Å². The molecule has 0 aliphatic heterocycles. The summed E-state index contributed by atoms with van der Waals surface area (Å²) in [6, 6.07) is 0. The topological polar surface area (TPSA) is 0 Å². The first-order valence-corrected chi connectivity index (χ1v) is 4.89. The van der Waals surface area contributed by atoms with E-state index in [1.165, 1.54) is 25.7 Å². The second-order valence-electron chi connectivity index (χ2n) is 2.34. The van der Waals surface area contributed by atoms with Crippen molar-refractivity contribution in [3.8, 4) is 0 Å². The molecule has 1 rings (SSSR count). The van der Waals surface area contributed by atoms with Crippen LogP contribution in [-0.4, -0.2) is 27.7 Å². The van der Waals surface area contributed by atoms with E-state index in [-0.39, 0.29) is 0 Å². The standard InChI is InChI=1S/C6H10ClTe/c7-5-3-1-2-4-6(5)8/h5-6H,1-4H2. The van der Waals surface area contributed by atoms with Crippen LogP contribution in [0.1, 0.15) is 25.7 Å². The third-order valence-corrected chi connectivity index (χ3v) is 4.22. The van der Waals surface area contributed by atoms with Gasteiger partial charge in [-0.15, -0.1) is 0 Å². The first-order chi connectivity index (χ1) is 3.80. The zero-order valence-corrected chi connectivity index (χ0v) is 7.86. The van der Waals surface area contributed by atoms with Crippen LogP contribution < -0.4 is 0 Å². The van der Waals surface area contributed by atoms with Gasteiger partial charge in [-0.05, 0) is 0 Å². The Morgan fingerprint density at radius 1 is 1.25 bits per heavy atom. The zero-order chi connectivity index (χ0) is 5.98. The molecule has 1 fully saturated rings. The SMILES string of the molecule is ClC1CCCCC1[Te]. The summed E-state index contributed by atoms with van der Waals surface area (Å²) >= 11 is 8.15. The molecule has 0 aromatic rings. The number of hydrogen-bond acceptors (Lipinski definition) is 0. The third kappa shape index (κ3) is 1.79. The molecule has 0 amide bonds. The summed E-state index contributed by atoms with van der Waals surface area (Å²) in [6.07, 6.45) is 5.33. The van der Waals surface area contributed by atoms with Crippen LogP contribution in [0.5, 0.6) is 0 Å². The van der Waals surface area contributed by atoms with E-state index in [1.54, 1.807) is 0 Å². The molecule has 1 aliphatic carbocycles. The first-order valence-electron chi connectivity index (χ1n) is 3.10. The van der Waals surface area contributed by atoms with Crippen molar-refractivity contribution in [3.05, 3.63) is 0 Å². The zero-order valence-electron chi connectivity index (χ0n) is 4.77. The molecular formula is C6H10ClTe. The fourth-order valence-electron chi connectivity index (χ4n) is 1.05. The molecule has 0 aromatic carbocycles. The van der Waals surface area contributed by atoms with Gasteiger partial charge in [0, 0.05) is 0 Å². The molecule has 0 N–H and O–H groups in total. The van der Waals surface area contributed by atoms with Crippen molar-refractivity contribution >= 4 is 33.9 Å².